The number of ether oxygens (including phenoxy) is 2. The molecule has 0 spiro atoms. The van der Waals surface area contributed by atoms with E-state index >= 15 is 0 Å². The maximum absolute atomic E-state index is 13.8. The molecule has 0 aliphatic carbocycles. The molecule has 0 saturated heterocycles. The number of rotatable bonds is 5. The Bertz CT molecular complexity index is 1280. The van der Waals surface area contributed by atoms with Gasteiger partial charge in [0.2, 0.25) is 0 Å². The second-order valence-electron chi connectivity index (χ2n) is 6.40. The van der Waals surface area contributed by atoms with Crippen LogP contribution in [0.4, 0.5) is 10.1 Å². The molecule has 0 aliphatic heterocycles. The smallest absolute Gasteiger partial charge is 0.341 e. The third-order valence-corrected chi connectivity index (χ3v) is 4.95. The van der Waals surface area contributed by atoms with E-state index in [0.29, 0.717) is 27.1 Å². The molecule has 0 saturated carbocycles. The number of furan rings is 1. The number of esters is 1. The highest BCUT2D eigenvalue weighted by Gasteiger charge is 2.17. The lowest BCUT2D eigenvalue weighted by Gasteiger charge is -2.11. The summed E-state index contributed by atoms with van der Waals surface area (Å²) in [5.74, 6) is -1.86. The van der Waals surface area contributed by atoms with Crippen LogP contribution in [-0.4, -0.2) is 25.6 Å². The third-order valence-electron chi connectivity index (χ3n) is 4.46. The summed E-state index contributed by atoms with van der Waals surface area (Å²) >= 11 is 3.11. The summed E-state index contributed by atoms with van der Waals surface area (Å²) in [4.78, 5) is 24.3. The van der Waals surface area contributed by atoms with Crippen LogP contribution in [0, 0.1) is 5.82 Å². The topological polar surface area (TPSA) is 77.8 Å². The molecule has 152 valence electrons. The maximum Gasteiger partial charge on any atom is 0.341 e. The molecule has 4 rings (SSSR count). The molecule has 3 aromatic carbocycles. The van der Waals surface area contributed by atoms with Crippen molar-refractivity contribution in [1.82, 2.24) is 0 Å². The fraction of sp³-hybridized carbons (Fsp3) is 0.0909. The normalized spacial score (nSPS) is 10.9. The van der Waals surface area contributed by atoms with Crippen LogP contribution in [0.1, 0.15) is 10.4 Å². The largest absolute Gasteiger partial charge is 0.495 e. The summed E-state index contributed by atoms with van der Waals surface area (Å²) in [6.07, 6.45) is 0. The number of hydrogen-bond acceptors (Lipinski definition) is 5. The molecule has 1 N–H and O–H groups in total. The van der Waals surface area contributed by atoms with E-state index in [1.54, 1.807) is 12.1 Å². The number of hydrogen-bond donors (Lipinski definition) is 1. The Morgan fingerprint density at radius 3 is 2.63 bits per heavy atom. The van der Waals surface area contributed by atoms with Crippen molar-refractivity contribution in [2.24, 2.45) is 0 Å². The molecule has 0 aliphatic rings. The summed E-state index contributed by atoms with van der Waals surface area (Å²) in [6.45, 7) is -0.588. The molecule has 0 atom stereocenters. The van der Waals surface area contributed by atoms with Crippen molar-refractivity contribution in [3.05, 3.63) is 70.5 Å². The zero-order valence-electron chi connectivity index (χ0n) is 15.7. The molecule has 0 bridgehead atoms. The van der Waals surface area contributed by atoms with Gasteiger partial charge < -0.3 is 19.2 Å². The Morgan fingerprint density at radius 2 is 1.87 bits per heavy atom. The second kappa shape index (κ2) is 8.16. The minimum absolute atomic E-state index is 0.257. The first-order valence-electron chi connectivity index (χ1n) is 8.87. The first-order valence-corrected chi connectivity index (χ1v) is 9.67. The minimum Gasteiger partial charge on any atom is -0.495 e. The van der Waals surface area contributed by atoms with Crippen LogP contribution in [0.15, 0.2) is 63.5 Å². The number of para-hydroxylation sites is 1. The zero-order chi connectivity index (χ0) is 21.3. The summed E-state index contributed by atoms with van der Waals surface area (Å²) in [6, 6.07) is 14.9. The highest BCUT2D eigenvalue weighted by molar-refractivity contribution is 9.10. The number of fused-ring (bicyclic) bond motifs is 3. The average Bonchev–Trinajstić information content (AvgIpc) is 3.08. The van der Waals surface area contributed by atoms with Gasteiger partial charge in [-0.3, -0.25) is 4.79 Å². The van der Waals surface area contributed by atoms with Crippen molar-refractivity contribution >= 4 is 55.4 Å². The lowest BCUT2D eigenvalue weighted by molar-refractivity contribution is -0.119. The van der Waals surface area contributed by atoms with Gasteiger partial charge in [0.05, 0.1) is 18.4 Å². The molecule has 6 nitrogen and oxygen atoms in total. The molecule has 1 aromatic heterocycles. The van der Waals surface area contributed by atoms with Gasteiger partial charge in [0.25, 0.3) is 5.91 Å². The Balaban J connectivity index is 1.51. The molecule has 30 heavy (non-hydrogen) atoms. The van der Waals surface area contributed by atoms with Crippen LogP contribution in [0.2, 0.25) is 0 Å². The van der Waals surface area contributed by atoms with Gasteiger partial charge in [0, 0.05) is 21.3 Å². The molecule has 0 fully saturated rings. The number of anilines is 1. The summed E-state index contributed by atoms with van der Waals surface area (Å²) in [7, 11) is 1.48. The summed E-state index contributed by atoms with van der Waals surface area (Å²) in [5.41, 5.74) is 1.39. The summed E-state index contributed by atoms with van der Waals surface area (Å²) in [5, 5.41) is 4.40. The molecule has 8 heteroatoms. The van der Waals surface area contributed by atoms with Gasteiger partial charge >= 0.3 is 5.97 Å². The molecular formula is C22H15BrFNO5. The van der Waals surface area contributed by atoms with Gasteiger partial charge in [-0.25, -0.2) is 9.18 Å². The van der Waals surface area contributed by atoms with Gasteiger partial charge in [-0.1, -0.05) is 34.1 Å². The van der Waals surface area contributed by atoms with E-state index in [-0.39, 0.29) is 5.56 Å². The third kappa shape index (κ3) is 3.86. The van der Waals surface area contributed by atoms with Crippen LogP contribution in [0.3, 0.4) is 0 Å². The Morgan fingerprint density at radius 1 is 1.07 bits per heavy atom. The van der Waals surface area contributed by atoms with Crippen LogP contribution in [0.25, 0.3) is 21.9 Å². The molecule has 0 radical (unpaired) electrons. The zero-order valence-corrected chi connectivity index (χ0v) is 17.3. The van der Waals surface area contributed by atoms with Gasteiger partial charge in [-0.2, -0.15) is 0 Å². The van der Waals surface area contributed by atoms with Crippen LogP contribution in [-0.2, 0) is 9.53 Å². The van der Waals surface area contributed by atoms with Crippen LogP contribution >= 0.6 is 15.9 Å². The van der Waals surface area contributed by atoms with E-state index in [0.717, 1.165) is 16.8 Å². The van der Waals surface area contributed by atoms with E-state index in [9.17, 15) is 14.0 Å². The van der Waals surface area contributed by atoms with Crippen molar-refractivity contribution in [3.63, 3.8) is 0 Å². The number of carbonyl (C=O) groups is 2. The van der Waals surface area contributed by atoms with Gasteiger partial charge in [-0.15, -0.1) is 0 Å². The molecule has 1 amide bonds. The monoisotopic (exact) mass is 471 g/mol. The van der Waals surface area contributed by atoms with E-state index < -0.39 is 24.3 Å². The van der Waals surface area contributed by atoms with Crippen molar-refractivity contribution < 1.29 is 27.9 Å². The van der Waals surface area contributed by atoms with Crippen molar-refractivity contribution in [1.29, 1.82) is 0 Å². The highest BCUT2D eigenvalue weighted by atomic mass is 79.9. The molecule has 1 heterocycles. The van der Waals surface area contributed by atoms with Crippen molar-refractivity contribution in [2.45, 2.75) is 0 Å². The summed E-state index contributed by atoms with van der Waals surface area (Å²) < 4.78 is 30.4. The van der Waals surface area contributed by atoms with Crippen molar-refractivity contribution in [3.8, 4) is 5.75 Å². The lowest BCUT2D eigenvalue weighted by atomic mass is 10.1. The van der Waals surface area contributed by atoms with E-state index in [4.69, 9.17) is 13.9 Å². The number of halogens is 2. The number of nitrogens with one attached hydrogen (secondary N) is 1. The van der Waals surface area contributed by atoms with Crippen LogP contribution < -0.4 is 10.1 Å². The van der Waals surface area contributed by atoms with E-state index in [1.165, 1.54) is 19.2 Å². The number of methoxy groups -OCH3 is 1. The molecule has 4 aromatic rings. The predicted octanol–water partition coefficient (Wildman–Crippen LogP) is 5.29. The number of amides is 1. The SMILES string of the molecule is COc1cc2c(cc1NC(=O)COC(=O)c1ccc(Br)cc1F)oc1ccccc12. The van der Waals surface area contributed by atoms with Gasteiger partial charge in [0.1, 0.15) is 22.7 Å². The van der Waals surface area contributed by atoms with Gasteiger partial charge in [-0.05, 0) is 30.3 Å². The highest BCUT2D eigenvalue weighted by Crippen LogP contribution is 2.36. The first-order chi connectivity index (χ1) is 14.5. The minimum atomic E-state index is -0.935. The Hall–Kier alpha value is -3.39. The quantitative estimate of drug-likeness (QED) is 0.400. The van der Waals surface area contributed by atoms with Crippen LogP contribution in [0.5, 0.6) is 5.75 Å². The molecular weight excluding hydrogens is 457 g/mol. The lowest BCUT2D eigenvalue weighted by Crippen LogP contribution is -2.21. The van der Waals surface area contributed by atoms with Crippen molar-refractivity contribution in [2.75, 3.05) is 19.0 Å². The standard InChI is InChI=1S/C22H15BrFNO5/c1-28-20-9-15-13-4-2-3-5-18(13)30-19(15)10-17(20)25-21(26)11-29-22(27)14-7-6-12(23)8-16(14)24/h2-10H,11H2,1H3,(H,25,26). The predicted molar refractivity (Wildman–Crippen MR) is 113 cm³/mol. The van der Waals surface area contributed by atoms with E-state index in [2.05, 4.69) is 21.2 Å². The fourth-order valence-electron chi connectivity index (χ4n) is 3.07. The van der Waals surface area contributed by atoms with E-state index in [1.807, 2.05) is 24.3 Å². The Labute approximate surface area is 178 Å². The molecule has 0 unspecified atom stereocenters. The first kappa shape index (κ1) is 19.9. The number of benzene rings is 3. The fourth-order valence-corrected chi connectivity index (χ4v) is 3.40. The number of carbonyl (C=O) groups excluding carboxylic acids is 2. The second-order valence-corrected chi connectivity index (χ2v) is 7.31. The Kier molecular flexibility index (Phi) is 5.41. The maximum atomic E-state index is 13.8. The average molecular weight is 472 g/mol. The van der Waals surface area contributed by atoms with Gasteiger partial charge in [0.15, 0.2) is 6.61 Å².